The van der Waals surface area contributed by atoms with Crippen LogP contribution in [0.15, 0.2) is 48.1 Å². The molecule has 3 heteroatoms. The first-order valence-corrected chi connectivity index (χ1v) is 13.5. The van der Waals surface area contributed by atoms with Crippen molar-refractivity contribution < 1.29 is 10.2 Å². The van der Waals surface area contributed by atoms with E-state index in [0.717, 1.165) is 18.4 Å². The van der Waals surface area contributed by atoms with Crippen molar-refractivity contribution in [1.29, 1.82) is 0 Å². The van der Waals surface area contributed by atoms with Gasteiger partial charge in [-0.1, -0.05) is 73.9 Å². The molecule has 33 heavy (non-hydrogen) atoms. The van der Waals surface area contributed by atoms with Crippen molar-refractivity contribution in [3.63, 3.8) is 0 Å². The van der Waals surface area contributed by atoms with Crippen LogP contribution in [-0.4, -0.2) is 47.0 Å². The average Bonchev–Trinajstić information content (AvgIpc) is 3.28. The van der Waals surface area contributed by atoms with Gasteiger partial charge in [0.05, 0.1) is 12.2 Å². The van der Waals surface area contributed by atoms with Crippen LogP contribution in [0.3, 0.4) is 0 Å². The predicted octanol–water partition coefficient (Wildman–Crippen LogP) is 6.08. The zero-order chi connectivity index (χ0) is 23.6. The summed E-state index contributed by atoms with van der Waals surface area (Å²) < 4.78 is 0. The number of rotatable bonds is 14. The van der Waals surface area contributed by atoms with Crippen LogP contribution in [0, 0.1) is 24.7 Å². The van der Waals surface area contributed by atoms with E-state index in [0.29, 0.717) is 18.3 Å². The van der Waals surface area contributed by atoms with Crippen LogP contribution < -0.4 is 0 Å². The maximum atomic E-state index is 10.6. The van der Waals surface area contributed by atoms with Gasteiger partial charge >= 0.3 is 0 Å². The molecule has 0 spiro atoms. The molecule has 1 fully saturated rings. The number of hydrogen-bond donors (Lipinski definition) is 2. The normalized spacial score (nSPS) is 25.7. The van der Waals surface area contributed by atoms with Gasteiger partial charge in [0.15, 0.2) is 0 Å². The molecule has 0 bridgehead atoms. The predicted molar refractivity (Wildman–Crippen MR) is 139 cm³/mol. The molecule has 5 atom stereocenters. The van der Waals surface area contributed by atoms with Crippen molar-refractivity contribution in [3.8, 4) is 0 Å². The van der Waals surface area contributed by atoms with Crippen molar-refractivity contribution in [3.05, 3.63) is 59.2 Å². The lowest BCUT2D eigenvalue weighted by molar-refractivity contribution is 0.140. The van der Waals surface area contributed by atoms with E-state index in [1.54, 1.807) is 5.57 Å². The van der Waals surface area contributed by atoms with E-state index in [4.69, 9.17) is 0 Å². The number of allylic oxidation sites excluding steroid dienone is 2. The first kappa shape index (κ1) is 26.2. The van der Waals surface area contributed by atoms with Crippen molar-refractivity contribution in [1.82, 2.24) is 4.90 Å². The molecule has 0 radical (unpaired) electrons. The highest BCUT2D eigenvalue weighted by Gasteiger charge is 2.43. The minimum atomic E-state index is -0.494. The summed E-state index contributed by atoms with van der Waals surface area (Å²) in [5, 5.41) is 21.2. The monoisotopic (exact) mass is 453 g/mol. The topological polar surface area (TPSA) is 43.7 Å². The molecular weight excluding hydrogens is 406 g/mol. The Morgan fingerprint density at radius 3 is 2.61 bits per heavy atom. The molecule has 0 aromatic heterocycles. The quantitative estimate of drug-likeness (QED) is 0.265. The number of fused-ring (bicyclic) bond motifs is 1. The molecule has 0 aliphatic heterocycles. The zero-order valence-electron chi connectivity index (χ0n) is 21.3. The number of aliphatic hydroxyl groups excluding tert-OH is 2. The van der Waals surface area contributed by atoms with Gasteiger partial charge in [-0.05, 0) is 88.9 Å². The fraction of sp³-hybridized carbons (Fsp3) is 0.667. The lowest BCUT2D eigenvalue weighted by atomic mass is 9.88. The molecule has 0 heterocycles. The minimum absolute atomic E-state index is 0.174. The Labute approximate surface area is 202 Å². The standard InChI is InChI=1S/C30H47NO2/c1-4-15-31(16-5-2)17-8-6-7-11-25-19-26-22-30(33)28(29(26)21-25)14-13-27(32)20-24-12-9-10-23(3)18-24/h9-10,12-14,18-19,26-30,32-33H,4-8,11,15-17,20-22H2,1-3H3/b14-13+/t26-,27+,28+,29-,30+/m0/s1. The summed E-state index contributed by atoms with van der Waals surface area (Å²) in [6, 6.07) is 8.34. The first-order chi connectivity index (χ1) is 16.0. The summed E-state index contributed by atoms with van der Waals surface area (Å²) in [7, 11) is 0. The molecule has 1 saturated carbocycles. The summed E-state index contributed by atoms with van der Waals surface area (Å²) in [6.07, 6.45) is 16.0. The molecule has 1 aromatic carbocycles. The summed E-state index contributed by atoms with van der Waals surface area (Å²) >= 11 is 0. The van der Waals surface area contributed by atoms with Gasteiger partial charge in [-0.2, -0.15) is 0 Å². The molecule has 0 unspecified atom stereocenters. The Balaban J connectivity index is 1.41. The molecule has 0 saturated heterocycles. The third kappa shape index (κ3) is 8.09. The number of aryl methyl sites for hydroxylation is 1. The molecule has 2 aliphatic carbocycles. The second kappa shape index (κ2) is 13.5. The Hall–Kier alpha value is -1.42. The maximum Gasteiger partial charge on any atom is 0.0761 e. The van der Waals surface area contributed by atoms with Crippen molar-refractivity contribution >= 4 is 0 Å². The highest BCUT2D eigenvalue weighted by Crippen LogP contribution is 2.48. The van der Waals surface area contributed by atoms with E-state index in [-0.39, 0.29) is 12.0 Å². The van der Waals surface area contributed by atoms with Gasteiger partial charge in [-0.3, -0.25) is 0 Å². The van der Waals surface area contributed by atoms with Gasteiger partial charge in [0.25, 0.3) is 0 Å². The van der Waals surface area contributed by atoms with Crippen LogP contribution >= 0.6 is 0 Å². The molecule has 0 amide bonds. The molecule has 1 aromatic rings. The Morgan fingerprint density at radius 2 is 1.88 bits per heavy atom. The van der Waals surface area contributed by atoms with Crippen molar-refractivity contribution in [2.45, 2.75) is 90.8 Å². The lowest BCUT2D eigenvalue weighted by Gasteiger charge is -2.20. The molecule has 2 aliphatic rings. The fourth-order valence-electron chi connectivity index (χ4n) is 6.03. The lowest BCUT2D eigenvalue weighted by Crippen LogP contribution is -2.26. The van der Waals surface area contributed by atoms with E-state index in [1.807, 2.05) is 12.1 Å². The van der Waals surface area contributed by atoms with Crippen molar-refractivity contribution in [2.24, 2.45) is 17.8 Å². The molecule has 3 nitrogen and oxygen atoms in total. The zero-order valence-corrected chi connectivity index (χ0v) is 21.3. The van der Waals surface area contributed by atoms with E-state index < -0.39 is 6.10 Å². The van der Waals surface area contributed by atoms with E-state index in [2.05, 4.69) is 56.0 Å². The first-order valence-electron chi connectivity index (χ1n) is 13.5. The van der Waals surface area contributed by atoms with Crippen LogP contribution in [0.2, 0.25) is 0 Å². The summed E-state index contributed by atoms with van der Waals surface area (Å²) in [5.74, 6) is 1.21. The number of hydrogen-bond acceptors (Lipinski definition) is 3. The number of aliphatic hydroxyl groups is 2. The highest BCUT2D eigenvalue weighted by molar-refractivity contribution is 5.24. The molecule has 184 valence electrons. The van der Waals surface area contributed by atoms with Gasteiger partial charge in [0.2, 0.25) is 0 Å². The van der Waals surface area contributed by atoms with Crippen molar-refractivity contribution in [2.75, 3.05) is 19.6 Å². The Kier molecular flexibility index (Phi) is 10.7. The number of nitrogens with zero attached hydrogens (tertiary/aromatic N) is 1. The molecular formula is C30H47NO2. The van der Waals surface area contributed by atoms with Gasteiger partial charge in [-0.25, -0.2) is 0 Å². The SMILES string of the molecule is CCCN(CCC)CCCCCC1=C[C@H]2C[C@@H](O)[C@H](/C=C/[C@@H](O)Cc3cccc(C)c3)[C@H]2C1. The van der Waals surface area contributed by atoms with Crippen LogP contribution in [0.5, 0.6) is 0 Å². The second-order valence-electron chi connectivity index (χ2n) is 10.5. The molecule has 3 rings (SSSR count). The van der Waals surface area contributed by atoms with E-state index in [9.17, 15) is 10.2 Å². The third-order valence-electron chi connectivity index (χ3n) is 7.58. The van der Waals surface area contributed by atoms with Crippen LogP contribution in [0.25, 0.3) is 0 Å². The third-order valence-corrected chi connectivity index (χ3v) is 7.58. The van der Waals surface area contributed by atoms with E-state index >= 15 is 0 Å². The van der Waals surface area contributed by atoms with Gasteiger partial charge in [0, 0.05) is 12.3 Å². The Morgan fingerprint density at radius 1 is 1.09 bits per heavy atom. The fourth-order valence-corrected chi connectivity index (χ4v) is 6.03. The molecule has 2 N–H and O–H groups in total. The summed E-state index contributed by atoms with van der Waals surface area (Å²) in [6.45, 7) is 10.3. The minimum Gasteiger partial charge on any atom is -0.392 e. The van der Waals surface area contributed by atoms with Gasteiger partial charge in [-0.15, -0.1) is 0 Å². The number of benzene rings is 1. The smallest absolute Gasteiger partial charge is 0.0761 e. The number of unbranched alkanes of at least 4 members (excludes halogenated alkanes) is 2. The average molecular weight is 454 g/mol. The van der Waals surface area contributed by atoms with Crippen LogP contribution in [0.4, 0.5) is 0 Å². The van der Waals surface area contributed by atoms with E-state index in [1.165, 1.54) is 63.7 Å². The highest BCUT2D eigenvalue weighted by atomic mass is 16.3. The largest absolute Gasteiger partial charge is 0.392 e. The van der Waals surface area contributed by atoms with Crippen LogP contribution in [0.1, 0.15) is 76.3 Å². The summed E-state index contributed by atoms with van der Waals surface area (Å²) in [5.41, 5.74) is 3.99. The second-order valence-corrected chi connectivity index (χ2v) is 10.5. The van der Waals surface area contributed by atoms with Crippen LogP contribution in [-0.2, 0) is 6.42 Å². The Bertz CT molecular complexity index is 764. The van der Waals surface area contributed by atoms with Gasteiger partial charge < -0.3 is 15.1 Å². The summed E-state index contributed by atoms with van der Waals surface area (Å²) in [4.78, 5) is 2.62. The van der Waals surface area contributed by atoms with Gasteiger partial charge in [0.1, 0.15) is 0 Å². The maximum absolute atomic E-state index is 10.6.